The molecule has 0 atom stereocenters. The third-order valence-electron chi connectivity index (χ3n) is 4.26. The first-order valence-corrected chi connectivity index (χ1v) is 8.43. The van der Waals surface area contributed by atoms with Crippen molar-refractivity contribution in [3.63, 3.8) is 0 Å². The van der Waals surface area contributed by atoms with Gasteiger partial charge in [-0.3, -0.25) is 9.48 Å². The standard InChI is InChI=1S/C18H24ClN3O/c1-5-14(6-2)18(23)20-17-12(3)21-22(13(17)4)11-15-9-7-8-10-16(15)19/h7-10,14H,5-6,11H2,1-4H3,(H,20,23). The van der Waals surface area contributed by atoms with Gasteiger partial charge in [-0.2, -0.15) is 5.10 Å². The molecule has 0 saturated carbocycles. The summed E-state index contributed by atoms with van der Waals surface area (Å²) in [7, 11) is 0. The largest absolute Gasteiger partial charge is 0.323 e. The summed E-state index contributed by atoms with van der Waals surface area (Å²) >= 11 is 6.23. The molecule has 1 aromatic carbocycles. The predicted molar refractivity (Wildman–Crippen MR) is 95.0 cm³/mol. The summed E-state index contributed by atoms with van der Waals surface area (Å²) in [6.07, 6.45) is 1.68. The van der Waals surface area contributed by atoms with E-state index in [1.807, 2.05) is 56.6 Å². The third-order valence-corrected chi connectivity index (χ3v) is 4.63. The molecular formula is C18H24ClN3O. The summed E-state index contributed by atoms with van der Waals surface area (Å²) in [5, 5.41) is 8.32. The quantitative estimate of drug-likeness (QED) is 0.841. The number of hydrogen-bond acceptors (Lipinski definition) is 2. The maximum absolute atomic E-state index is 12.3. The van der Waals surface area contributed by atoms with Gasteiger partial charge in [-0.05, 0) is 38.3 Å². The average Bonchev–Trinajstić information content (AvgIpc) is 2.78. The maximum atomic E-state index is 12.3. The van der Waals surface area contributed by atoms with Crippen LogP contribution >= 0.6 is 11.6 Å². The molecule has 1 aromatic heterocycles. The van der Waals surface area contributed by atoms with Crippen molar-refractivity contribution in [3.8, 4) is 0 Å². The predicted octanol–water partition coefficient (Wildman–Crippen LogP) is 4.58. The molecule has 0 saturated heterocycles. The average molecular weight is 334 g/mol. The number of anilines is 1. The van der Waals surface area contributed by atoms with E-state index in [0.29, 0.717) is 6.54 Å². The summed E-state index contributed by atoms with van der Waals surface area (Å²) < 4.78 is 1.89. The smallest absolute Gasteiger partial charge is 0.227 e. The van der Waals surface area contributed by atoms with Gasteiger partial charge in [0.1, 0.15) is 0 Å². The van der Waals surface area contributed by atoms with Crippen molar-refractivity contribution in [2.24, 2.45) is 5.92 Å². The zero-order valence-electron chi connectivity index (χ0n) is 14.2. The highest BCUT2D eigenvalue weighted by molar-refractivity contribution is 6.31. The van der Waals surface area contributed by atoms with Crippen LogP contribution in [0.25, 0.3) is 0 Å². The minimum absolute atomic E-state index is 0.0423. The molecule has 0 aliphatic carbocycles. The minimum Gasteiger partial charge on any atom is -0.323 e. The maximum Gasteiger partial charge on any atom is 0.227 e. The Hall–Kier alpha value is -1.81. The molecule has 0 aliphatic rings. The van der Waals surface area contributed by atoms with Gasteiger partial charge in [0.15, 0.2) is 0 Å². The lowest BCUT2D eigenvalue weighted by atomic mass is 10.0. The van der Waals surface area contributed by atoms with Crippen LogP contribution in [0.3, 0.4) is 0 Å². The van der Waals surface area contributed by atoms with E-state index in [4.69, 9.17) is 11.6 Å². The number of aryl methyl sites for hydroxylation is 1. The number of aromatic nitrogens is 2. The van der Waals surface area contributed by atoms with Crippen molar-refractivity contribution in [1.82, 2.24) is 9.78 Å². The van der Waals surface area contributed by atoms with Crippen molar-refractivity contribution >= 4 is 23.2 Å². The van der Waals surface area contributed by atoms with Gasteiger partial charge in [-0.15, -0.1) is 0 Å². The lowest BCUT2D eigenvalue weighted by Gasteiger charge is -2.13. The van der Waals surface area contributed by atoms with E-state index in [1.54, 1.807) is 0 Å². The number of carbonyl (C=O) groups excluding carboxylic acids is 1. The second-order valence-corrected chi connectivity index (χ2v) is 6.20. The summed E-state index contributed by atoms with van der Waals surface area (Å²) in [5.41, 5.74) is 3.60. The van der Waals surface area contributed by atoms with Crippen LogP contribution in [0.4, 0.5) is 5.69 Å². The van der Waals surface area contributed by atoms with E-state index in [9.17, 15) is 4.79 Å². The van der Waals surface area contributed by atoms with Gasteiger partial charge in [0.25, 0.3) is 0 Å². The number of hydrogen-bond donors (Lipinski definition) is 1. The first-order chi connectivity index (χ1) is 11.0. The number of rotatable bonds is 6. The molecule has 1 heterocycles. The zero-order valence-corrected chi connectivity index (χ0v) is 14.9. The van der Waals surface area contributed by atoms with Crippen LogP contribution in [0, 0.1) is 19.8 Å². The Labute approximate surface area is 142 Å². The molecule has 2 aromatic rings. The van der Waals surface area contributed by atoms with Crippen molar-refractivity contribution < 1.29 is 4.79 Å². The van der Waals surface area contributed by atoms with Gasteiger partial charge in [0.2, 0.25) is 5.91 Å². The van der Waals surface area contributed by atoms with E-state index < -0.39 is 0 Å². The fourth-order valence-electron chi connectivity index (χ4n) is 2.70. The first kappa shape index (κ1) is 17.5. The molecule has 23 heavy (non-hydrogen) atoms. The molecule has 0 spiro atoms. The Morgan fingerprint density at radius 2 is 1.91 bits per heavy atom. The fourth-order valence-corrected chi connectivity index (χ4v) is 2.90. The Morgan fingerprint density at radius 3 is 2.52 bits per heavy atom. The van der Waals surface area contributed by atoms with Gasteiger partial charge in [0.05, 0.1) is 23.6 Å². The van der Waals surface area contributed by atoms with E-state index >= 15 is 0 Å². The number of amides is 1. The molecule has 5 heteroatoms. The van der Waals surface area contributed by atoms with Gasteiger partial charge < -0.3 is 5.32 Å². The lowest BCUT2D eigenvalue weighted by Crippen LogP contribution is -2.22. The van der Waals surface area contributed by atoms with E-state index in [1.165, 1.54) is 0 Å². The molecule has 0 bridgehead atoms. The Morgan fingerprint density at radius 1 is 1.26 bits per heavy atom. The highest BCUT2D eigenvalue weighted by atomic mass is 35.5. The molecule has 1 amide bonds. The van der Waals surface area contributed by atoms with Crippen molar-refractivity contribution in [2.45, 2.75) is 47.1 Å². The number of benzene rings is 1. The number of halogens is 1. The van der Waals surface area contributed by atoms with Crippen LogP contribution in [-0.4, -0.2) is 15.7 Å². The fraction of sp³-hybridized carbons (Fsp3) is 0.444. The lowest BCUT2D eigenvalue weighted by molar-refractivity contribution is -0.120. The molecule has 0 radical (unpaired) electrons. The Balaban J connectivity index is 2.23. The van der Waals surface area contributed by atoms with Crippen LogP contribution in [0.15, 0.2) is 24.3 Å². The van der Waals surface area contributed by atoms with E-state index in [0.717, 1.165) is 40.5 Å². The van der Waals surface area contributed by atoms with Crippen LogP contribution < -0.4 is 5.32 Å². The highest BCUT2D eigenvalue weighted by Crippen LogP contribution is 2.24. The SMILES string of the molecule is CCC(CC)C(=O)Nc1c(C)nn(Cc2ccccc2Cl)c1C. The molecule has 4 nitrogen and oxygen atoms in total. The number of carbonyl (C=O) groups is 1. The third kappa shape index (κ3) is 3.94. The van der Waals surface area contributed by atoms with Gasteiger partial charge >= 0.3 is 0 Å². The molecule has 124 valence electrons. The minimum atomic E-state index is 0.0423. The molecule has 2 rings (SSSR count). The summed E-state index contributed by atoms with van der Waals surface area (Å²) in [4.78, 5) is 12.3. The van der Waals surface area contributed by atoms with Crippen LogP contribution in [0.5, 0.6) is 0 Å². The number of nitrogens with zero attached hydrogens (tertiary/aromatic N) is 2. The van der Waals surface area contributed by atoms with Crippen molar-refractivity contribution in [1.29, 1.82) is 0 Å². The van der Waals surface area contributed by atoms with Gasteiger partial charge in [0, 0.05) is 10.9 Å². The van der Waals surface area contributed by atoms with Gasteiger partial charge in [-0.1, -0.05) is 43.6 Å². The number of nitrogens with one attached hydrogen (secondary N) is 1. The summed E-state index contributed by atoms with van der Waals surface area (Å²) in [6, 6.07) is 7.73. The summed E-state index contributed by atoms with van der Waals surface area (Å²) in [5.74, 6) is 0.110. The van der Waals surface area contributed by atoms with Crippen molar-refractivity contribution in [3.05, 3.63) is 46.2 Å². The molecule has 0 fully saturated rings. The molecular weight excluding hydrogens is 310 g/mol. The van der Waals surface area contributed by atoms with Crippen LogP contribution in [0.2, 0.25) is 5.02 Å². The highest BCUT2D eigenvalue weighted by Gasteiger charge is 2.19. The Bertz CT molecular complexity index is 690. The zero-order chi connectivity index (χ0) is 17.0. The molecule has 0 unspecified atom stereocenters. The van der Waals surface area contributed by atoms with E-state index in [2.05, 4.69) is 10.4 Å². The monoisotopic (exact) mass is 333 g/mol. The molecule has 1 N–H and O–H groups in total. The van der Waals surface area contributed by atoms with Crippen LogP contribution in [-0.2, 0) is 11.3 Å². The first-order valence-electron chi connectivity index (χ1n) is 8.06. The Kier molecular flexibility index (Phi) is 5.83. The van der Waals surface area contributed by atoms with Crippen LogP contribution in [0.1, 0.15) is 43.6 Å². The topological polar surface area (TPSA) is 46.9 Å². The second kappa shape index (κ2) is 7.64. The summed E-state index contributed by atoms with van der Waals surface area (Å²) in [6.45, 7) is 8.55. The van der Waals surface area contributed by atoms with Crippen molar-refractivity contribution in [2.75, 3.05) is 5.32 Å². The molecule has 0 aliphatic heterocycles. The second-order valence-electron chi connectivity index (χ2n) is 5.80. The van der Waals surface area contributed by atoms with E-state index in [-0.39, 0.29) is 11.8 Å². The normalized spacial score (nSPS) is 11.0. The van der Waals surface area contributed by atoms with Gasteiger partial charge in [-0.25, -0.2) is 0 Å².